The van der Waals surface area contributed by atoms with Crippen LogP contribution in [-0.2, 0) is 6.54 Å². The molecule has 0 spiro atoms. The average molecular weight is 173 g/mol. The van der Waals surface area contributed by atoms with Gasteiger partial charge in [-0.15, -0.1) is 6.42 Å². The molecule has 0 atom stereocenters. The lowest BCUT2D eigenvalue weighted by atomic mass is 10.3. The number of hydrogen-bond donors (Lipinski definition) is 0. The smallest absolute Gasteiger partial charge is 0.262 e. The normalized spacial score (nSPS) is 10.1. The summed E-state index contributed by atoms with van der Waals surface area (Å²) in [4.78, 5) is 11.6. The van der Waals surface area contributed by atoms with E-state index in [1.54, 1.807) is 18.3 Å². The Bertz CT molecular complexity index is 528. The SMILES string of the molecule is C#CCn1ccc2occc2c1=O. The molecule has 0 bridgehead atoms. The average Bonchev–Trinajstić information content (AvgIpc) is 2.58. The Kier molecular flexibility index (Phi) is 1.67. The van der Waals surface area contributed by atoms with E-state index >= 15 is 0 Å². The van der Waals surface area contributed by atoms with Gasteiger partial charge in [-0.1, -0.05) is 5.92 Å². The van der Waals surface area contributed by atoms with Gasteiger partial charge in [-0.2, -0.15) is 0 Å². The highest BCUT2D eigenvalue weighted by Crippen LogP contribution is 2.09. The van der Waals surface area contributed by atoms with Crippen LogP contribution < -0.4 is 5.56 Å². The Balaban J connectivity index is 2.75. The van der Waals surface area contributed by atoms with Crippen molar-refractivity contribution in [3.63, 3.8) is 0 Å². The lowest BCUT2D eigenvalue weighted by Gasteiger charge is -1.98. The van der Waals surface area contributed by atoms with Crippen molar-refractivity contribution in [3.8, 4) is 12.3 Å². The molecule has 0 aliphatic carbocycles. The molecule has 2 heterocycles. The third-order valence-corrected chi connectivity index (χ3v) is 1.85. The summed E-state index contributed by atoms with van der Waals surface area (Å²) >= 11 is 0. The zero-order chi connectivity index (χ0) is 9.26. The molecule has 2 aromatic heterocycles. The van der Waals surface area contributed by atoms with E-state index < -0.39 is 0 Å². The summed E-state index contributed by atoms with van der Waals surface area (Å²) in [5, 5.41) is 0.567. The van der Waals surface area contributed by atoms with E-state index in [1.165, 1.54) is 10.8 Å². The predicted octanol–water partition coefficient (Wildman–Crippen LogP) is 1.23. The fourth-order valence-electron chi connectivity index (χ4n) is 1.23. The lowest BCUT2D eigenvalue weighted by Crippen LogP contribution is -2.17. The Morgan fingerprint density at radius 2 is 2.38 bits per heavy atom. The fraction of sp³-hybridized carbons (Fsp3) is 0.100. The molecular weight excluding hydrogens is 166 g/mol. The highest BCUT2D eigenvalue weighted by atomic mass is 16.3. The van der Waals surface area contributed by atoms with Crippen molar-refractivity contribution in [1.82, 2.24) is 4.57 Å². The maximum absolute atomic E-state index is 11.6. The van der Waals surface area contributed by atoms with Gasteiger partial charge in [0.15, 0.2) is 0 Å². The topological polar surface area (TPSA) is 35.1 Å². The number of aromatic nitrogens is 1. The highest BCUT2D eigenvalue weighted by Gasteiger charge is 2.02. The standard InChI is InChI=1S/C10H7NO2/c1-2-5-11-6-3-9-8(10(11)12)4-7-13-9/h1,3-4,6-7H,5H2. The van der Waals surface area contributed by atoms with Gasteiger partial charge in [0, 0.05) is 6.20 Å². The molecule has 0 saturated heterocycles. The van der Waals surface area contributed by atoms with Crippen molar-refractivity contribution in [1.29, 1.82) is 0 Å². The quantitative estimate of drug-likeness (QED) is 0.608. The molecule has 0 radical (unpaired) electrons. The van der Waals surface area contributed by atoms with Gasteiger partial charge in [0.2, 0.25) is 0 Å². The van der Waals surface area contributed by atoms with Crippen molar-refractivity contribution in [2.75, 3.05) is 0 Å². The van der Waals surface area contributed by atoms with Crippen molar-refractivity contribution in [3.05, 3.63) is 34.9 Å². The number of rotatable bonds is 1. The van der Waals surface area contributed by atoms with Crippen LogP contribution in [0.25, 0.3) is 11.0 Å². The van der Waals surface area contributed by atoms with Gasteiger partial charge in [0.1, 0.15) is 5.58 Å². The summed E-state index contributed by atoms with van der Waals surface area (Å²) in [6.45, 7) is 0.292. The summed E-state index contributed by atoms with van der Waals surface area (Å²) < 4.78 is 6.54. The molecule has 0 amide bonds. The predicted molar refractivity (Wildman–Crippen MR) is 49.3 cm³/mol. The van der Waals surface area contributed by atoms with Crippen LogP contribution in [-0.4, -0.2) is 4.57 Å². The van der Waals surface area contributed by atoms with Crippen LogP contribution in [0.4, 0.5) is 0 Å². The second-order valence-corrected chi connectivity index (χ2v) is 2.65. The van der Waals surface area contributed by atoms with E-state index in [9.17, 15) is 4.79 Å². The van der Waals surface area contributed by atoms with Crippen LogP contribution in [0.5, 0.6) is 0 Å². The molecule has 0 unspecified atom stereocenters. The number of fused-ring (bicyclic) bond motifs is 1. The summed E-state index contributed by atoms with van der Waals surface area (Å²) in [6, 6.07) is 3.37. The fourth-order valence-corrected chi connectivity index (χ4v) is 1.23. The molecular formula is C10H7NO2. The summed E-state index contributed by atoms with van der Waals surface area (Å²) in [5.74, 6) is 2.41. The number of furan rings is 1. The van der Waals surface area contributed by atoms with Gasteiger partial charge < -0.3 is 8.98 Å². The minimum Gasteiger partial charge on any atom is -0.464 e. The number of hydrogen-bond acceptors (Lipinski definition) is 2. The van der Waals surface area contributed by atoms with Crippen molar-refractivity contribution < 1.29 is 4.42 Å². The number of nitrogens with zero attached hydrogens (tertiary/aromatic N) is 1. The number of pyridine rings is 1. The minimum absolute atomic E-state index is 0.107. The van der Waals surface area contributed by atoms with Gasteiger partial charge in [0.05, 0.1) is 18.2 Å². The second kappa shape index (κ2) is 2.83. The first-order valence-electron chi connectivity index (χ1n) is 3.83. The molecule has 0 aromatic carbocycles. The molecule has 3 nitrogen and oxygen atoms in total. The van der Waals surface area contributed by atoms with E-state index in [1.807, 2.05) is 0 Å². The van der Waals surface area contributed by atoms with Crippen LogP contribution in [0.3, 0.4) is 0 Å². The third-order valence-electron chi connectivity index (χ3n) is 1.85. The van der Waals surface area contributed by atoms with Gasteiger partial charge in [-0.25, -0.2) is 0 Å². The third kappa shape index (κ3) is 1.13. The lowest BCUT2D eigenvalue weighted by molar-refractivity contribution is 0.614. The Morgan fingerprint density at radius 1 is 1.54 bits per heavy atom. The van der Waals surface area contributed by atoms with Crippen LogP contribution in [0.2, 0.25) is 0 Å². The molecule has 0 aliphatic heterocycles. The van der Waals surface area contributed by atoms with Gasteiger partial charge in [0.25, 0.3) is 5.56 Å². The molecule has 2 aromatic rings. The number of terminal acetylenes is 1. The molecule has 64 valence electrons. The van der Waals surface area contributed by atoms with E-state index in [-0.39, 0.29) is 5.56 Å². The molecule has 0 N–H and O–H groups in total. The molecule has 0 fully saturated rings. The molecule has 0 aliphatic rings. The summed E-state index contributed by atoms with van der Waals surface area (Å²) in [5.41, 5.74) is 0.488. The van der Waals surface area contributed by atoms with Crippen LogP contribution in [0, 0.1) is 12.3 Å². The van der Waals surface area contributed by atoms with Crippen molar-refractivity contribution in [2.45, 2.75) is 6.54 Å². The van der Waals surface area contributed by atoms with E-state index in [0.29, 0.717) is 17.5 Å². The van der Waals surface area contributed by atoms with E-state index in [4.69, 9.17) is 10.8 Å². The second-order valence-electron chi connectivity index (χ2n) is 2.65. The summed E-state index contributed by atoms with van der Waals surface area (Å²) in [6.07, 6.45) is 8.24. The monoisotopic (exact) mass is 173 g/mol. The van der Waals surface area contributed by atoms with E-state index in [0.717, 1.165) is 0 Å². The van der Waals surface area contributed by atoms with Crippen LogP contribution in [0.1, 0.15) is 0 Å². The van der Waals surface area contributed by atoms with Crippen molar-refractivity contribution in [2.24, 2.45) is 0 Å². The molecule has 0 saturated carbocycles. The largest absolute Gasteiger partial charge is 0.464 e. The maximum Gasteiger partial charge on any atom is 0.262 e. The first kappa shape index (κ1) is 7.69. The molecule has 2 rings (SSSR count). The Morgan fingerprint density at radius 3 is 3.15 bits per heavy atom. The van der Waals surface area contributed by atoms with Gasteiger partial charge in [-0.05, 0) is 12.1 Å². The molecule has 13 heavy (non-hydrogen) atoms. The first-order chi connectivity index (χ1) is 6.33. The summed E-state index contributed by atoms with van der Waals surface area (Å²) in [7, 11) is 0. The maximum atomic E-state index is 11.6. The Labute approximate surface area is 74.6 Å². The highest BCUT2D eigenvalue weighted by molar-refractivity contribution is 5.75. The Hall–Kier alpha value is -1.95. The van der Waals surface area contributed by atoms with Crippen molar-refractivity contribution >= 4 is 11.0 Å². The zero-order valence-electron chi connectivity index (χ0n) is 6.86. The minimum atomic E-state index is -0.107. The van der Waals surface area contributed by atoms with E-state index in [2.05, 4.69) is 5.92 Å². The molecule has 3 heteroatoms. The van der Waals surface area contributed by atoms with Crippen LogP contribution in [0.15, 0.2) is 33.8 Å². The zero-order valence-corrected chi connectivity index (χ0v) is 6.86. The van der Waals surface area contributed by atoms with Crippen LogP contribution >= 0.6 is 0 Å². The first-order valence-corrected chi connectivity index (χ1v) is 3.83. The van der Waals surface area contributed by atoms with Gasteiger partial charge in [-0.3, -0.25) is 4.79 Å². The van der Waals surface area contributed by atoms with Gasteiger partial charge >= 0.3 is 0 Å².